The van der Waals surface area contributed by atoms with Crippen molar-refractivity contribution in [3.63, 3.8) is 0 Å². The molecule has 0 saturated carbocycles. The van der Waals surface area contributed by atoms with Crippen molar-refractivity contribution in [2.45, 2.75) is 26.3 Å². The maximum Gasteiger partial charge on any atom is 0.266 e. The Labute approximate surface area is 174 Å². The van der Waals surface area contributed by atoms with Gasteiger partial charge in [-0.3, -0.25) is 9.59 Å². The highest BCUT2D eigenvalue weighted by Gasteiger charge is 2.07. The highest BCUT2D eigenvalue weighted by Crippen LogP contribution is 2.15. The van der Waals surface area contributed by atoms with Gasteiger partial charge in [-0.05, 0) is 61.0 Å². The fourth-order valence-corrected chi connectivity index (χ4v) is 2.80. The first-order chi connectivity index (χ1) is 14.6. The van der Waals surface area contributed by atoms with Crippen molar-refractivity contribution in [1.82, 2.24) is 15.1 Å². The van der Waals surface area contributed by atoms with Crippen LogP contribution in [0.25, 0.3) is 11.3 Å². The number of unbranched alkanes of at least 4 members (excludes halogenated alkanes) is 1. The van der Waals surface area contributed by atoms with Crippen molar-refractivity contribution < 1.29 is 13.9 Å². The van der Waals surface area contributed by atoms with Crippen LogP contribution in [0, 0.1) is 5.82 Å². The van der Waals surface area contributed by atoms with Gasteiger partial charge in [0.2, 0.25) is 0 Å². The van der Waals surface area contributed by atoms with Crippen LogP contribution in [0.5, 0.6) is 5.75 Å². The van der Waals surface area contributed by atoms with Gasteiger partial charge in [0.25, 0.3) is 11.5 Å². The second kappa shape index (κ2) is 10.3. The van der Waals surface area contributed by atoms with Crippen LogP contribution in [0.2, 0.25) is 0 Å². The summed E-state index contributed by atoms with van der Waals surface area (Å²) in [7, 11) is 0. The molecule has 1 N–H and O–H groups in total. The molecule has 1 amide bonds. The Bertz CT molecular complexity index is 1030. The van der Waals surface area contributed by atoms with Crippen LogP contribution in [0.3, 0.4) is 0 Å². The maximum atomic E-state index is 13.1. The van der Waals surface area contributed by atoms with Gasteiger partial charge in [-0.1, -0.05) is 13.3 Å². The molecule has 0 atom stereocenters. The summed E-state index contributed by atoms with van der Waals surface area (Å²) in [6.45, 7) is 3.21. The number of carbonyl (C=O) groups is 1. The van der Waals surface area contributed by atoms with Gasteiger partial charge in [-0.2, -0.15) is 5.10 Å². The number of carbonyl (C=O) groups excluding carboxylic acids is 1. The molecular formula is C23H24FN3O3. The number of ether oxygens (including phenoxy) is 1. The van der Waals surface area contributed by atoms with Crippen molar-refractivity contribution in [2.24, 2.45) is 0 Å². The first-order valence-electron chi connectivity index (χ1n) is 9.92. The molecule has 0 unspecified atom stereocenters. The van der Waals surface area contributed by atoms with Crippen LogP contribution in [-0.4, -0.2) is 28.8 Å². The topological polar surface area (TPSA) is 73.2 Å². The minimum Gasteiger partial charge on any atom is -0.494 e. The number of nitrogens with one attached hydrogen (secondary N) is 1. The molecule has 156 valence electrons. The van der Waals surface area contributed by atoms with Gasteiger partial charge in [-0.15, -0.1) is 0 Å². The number of nitrogens with zero attached hydrogens (tertiary/aromatic N) is 2. The zero-order valence-corrected chi connectivity index (χ0v) is 16.8. The molecule has 2 aromatic carbocycles. The number of aromatic nitrogens is 2. The zero-order valence-electron chi connectivity index (χ0n) is 16.8. The first kappa shape index (κ1) is 21.2. The average Bonchev–Trinajstić information content (AvgIpc) is 2.76. The SMILES string of the molecule is CCCCOc1ccc(C(=O)NCCn2nc(-c3ccc(F)cc3)ccc2=O)cc1. The largest absolute Gasteiger partial charge is 0.494 e. The zero-order chi connectivity index (χ0) is 21.3. The smallest absolute Gasteiger partial charge is 0.266 e. The molecule has 0 fully saturated rings. The highest BCUT2D eigenvalue weighted by molar-refractivity contribution is 5.94. The third-order valence-corrected chi connectivity index (χ3v) is 4.50. The molecule has 7 heteroatoms. The molecule has 0 radical (unpaired) electrons. The summed E-state index contributed by atoms with van der Waals surface area (Å²) in [5.41, 5.74) is 1.50. The van der Waals surface area contributed by atoms with Gasteiger partial charge >= 0.3 is 0 Å². The Balaban J connectivity index is 1.56. The Morgan fingerprint density at radius 3 is 2.50 bits per heavy atom. The predicted molar refractivity (Wildman–Crippen MR) is 113 cm³/mol. The Morgan fingerprint density at radius 2 is 1.80 bits per heavy atom. The minimum atomic E-state index is -0.338. The van der Waals surface area contributed by atoms with Crippen LogP contribution in [0.4, 0.5) is 4.39 Å². The Morgan fingerprint density at radius 1 is 1.07 bits per heavy atom. The minimum absolute atomic E-state index is 0.220. The molecule has 6 nitrogen and oxygen atoms in total. The van der Waals surface area contributed by atoms with Crippen LogP contribution < -0.4 is 15.6 Å². The van der Waals surface area contributed by atoms with E-state index in [0.717, 1.165) is 18.6 Å². The Hall–Kier alpha value is -3.48. The summed E-state index contributed by atoms with van der Waals surface area (Å²) in [6, 6.07) is 15.8. The second-order valence-corrected chi connectivity index (χ2v) is 6.77. The van der Waals surface area contributed by atoms with Crippen molar-refractivity contribution in [3.05, 3.63) is 82.4 Å². The molecular weight excluding hydrogens is 385 g/mol. The van der Waals surface area contributed by atoms with Crippen LogP contribution in [0.1, 0.15) is 30.1 Å². The number of halogens is 1. The van der Waals surface area contributed by atoms with Gasteiger partial charge in [0, 0.05) is 23.7 Å². The van der Waals surface area contributed by atoms with E-state index in [1.54, 1.807) is 42.5 Å². The van der Waals surface area contributed by atoms with E-state index in [9.17, 15) is 14.0 Å². The van der Waals surface area contributed by atoms with Crippen LogP contribution in [-0.2, 0) is 6.54 Å². The summed E-state index contributed by atoms with van der Waals surface area (Å²) in [6.07, 6.45) is 2.04. The molecule has 0 aliphatic heterocycles. The van der Waals surface area contributed by atoms with E-state index in [1.165, 1.54) is 22.9 Å². The molecule has 30 heavy (non-hydrogen) atoms. The lowest BCUT2D eigenvalue weighted by molar-refractivity contribution is 0.0951. The summed E-state index contributed by atoms with van der Waals surface area (Å²) in [5.74, 6) is 0.154. The van der Waals surface area contributed by atoms with E-state index < -0.39 is 0 Å². The summed E-state index contributed by atoms with van der Waals surface area (Å²) in [5, 5.41) is 7.09. The molecule has 3 aromatic rings. The molecule has 0 spiro atoms. The monoisotopic (exact) mass is 409 g/mol. The second-order valence-electron chi connectivity index (χ2n) is 6.77. The normalized spacial score (nSPS) is 10.6. The molecule has 0 aliphatic rings. The molecule has 0 aliphatic carbocycles. The molecule has 0 saturated heterocycles. The van der Waals surface area contributed by atoms with E-state index in [1.807, 2.05) is 0 Å². The Kier molecular flexibility index (Phi) is 7.32. The number of hydrogen-bond donors (Lipinski definition) is 1. The van der Waals surface area contributed by atoms with Crippen molar-refractivity contribution in [2.75, 3.05) is 13.2 Å². The maximum absolute atomic E-state index is 13.1. The van der Waals surface area contributed by atoms with Gasteiger partial charge < -0.3 is 10.1 Å². The van der Waals surface area contributed by atoms with E-state index in [2.05, 4.69) is 17.3 Å². The number of benzene rings is 2. The predicted octanol–water partition coefficient (Wildman–Crippen LogP) is 3.66. The number of amides is 1. The van der Waals surface area contributed by atoms with E-state index in [-0.39, 0.29) is 30.4 Å². The lowest BCUT2D eigenvalue weighted by atomic mass is 10.1. The molecule has 1 heterocycles. The quantitative estimate of drug-likeness (QED) is 0.548. The van der Waals surface area contributed by atoms with Gasteiger partial charge in [0.1, 0.15) is 11.6 Å². The highest BCUT2D eigenvalue weighted by atomic mass is 19.1. The standard InChI is InChI=1S/C23H24FN3O3/c1-2-3-16-30-20-10-6-18(7-11-20)23(29)25-14-15-27-22(28)13-12-21(26-27)17-4-8-19(24)9-5-17/h4-13H,2-3,14-16H2,1H3,(H,25,29). The molecule has 0 bridgehead atoms. The van der Waals surface area contributed by atoms with Crippen molar-refractivity contribution in [1.29, 1.82) is 0 Å². The molecule has 3 rings (SSSR count). The average molecular weight is 409 g/mol. The molecule has 1 aromatic heterocycles. The summed E-state index contributed by atoms with van der Waals surface area (Å²) >= 11 is 0. The van der Waals surface area contributed by atoms with E-state index in [4.69, 9.17) is 4.74 Å². The fourth-order valence-electron chi connectivity index (χ4n) is 2.80. The van der Waals surface area contributed by atoms with Crippen molar-refractivity contribution >= 4 is 5.91 Å². The van der Waals surface area contributed by atoms with Gasteiger partial charge in [-0.25, -0.2) is 9.07 Å². The van der Waals surface area contributed by atoms with Crippen LogP contribution in [0.15, 0.2) is 65.5 Å². The van der Waals surface area contributed by atoms with Gasteiger partial charge in [0.15, 0.2) is 0 Å². The number of rotatable bonds is 9. The van der Waals surface area contributed by atoms with E-state index in [0.29, 0.717) is 23.4 Å². The number of hydrogen-bond acceptors (Lipinski definition) is 4. The van der Waals surface area contributed by atoms with Gasteiger partial charge in [0.05, 0.1) is 18.8 Å². The lowest BCUT2D eigenvalue weighted by Crippen LogP contribution is -2.31. The first-order valence-corrected chi connectivity index (χ1v) is 9.92. The fraction of sp³-hybridized carbons (Fsp3) is 0.261. The lowest BCUT2D eigenvalue weighted by Gasteiger charge is -2.09. The van der Waals surface area contributed by atoms with Crippen molar-refractivity contribution in [3.8, 4) is 17.0 Å². The van der Waals surface area contributed by atoms with E-state index >= 15 is 0 Å². The van der Waals surface area contributed by atoms with Crippen LogP contribution >= 0.6 is 0 Å². The third kappa shape index (κ3) is 5.76. The summed E-state index contributed by atoms with van der Waals surface area (Å²) in [4.78, 5) is 24.4. The summed E-state index contributed by atoms with van der Waals surface area (Å²) < 4.78 is 20.0. The third-order valence-electron chi connectivity index (χ3n) is 4.50.